The van der Waals surface area contributed by atoms with Crippen LogP contribution in [-0.2, 0) is 0 Å². The van der Waals surface area contributed by atoms with Crippen molar-refractivity contribution in [2.24, 2.45) is 0 Å². The Balaban J connectivity index is 2.41. The minimum atomic E-state index is 0.439. The number of aromatic nitrogens is 2. The first kappa shape index (κ1) is 9.84. The van der Waals surface area contributed by atoms with Crippen molar-refractivity contribution in [3.05, 3.63) is 48.0 Å². The lowest BCUT2D eigenvalue weighted by Gasteiger charge is -2.00. The first-order valence-corrected chi connectivity index (χ1v) is 5.28. The van der Waals surface area contributed by atoms with Gasteiger partial charge in [-0.2, -0.15) is 0 Å². The van der Waals surface area contributed by atoms with Gasteiger partial charge in [0.25, 0.3) is 0 Å². The molecule has 0 fully saturated rings. The van der Waals surface area contributed by atoms with Gasteiger partial charge in [-0.1, -0.05) is 6.07 Å². The number of fused-ring (bicyclic) bond motifs is 1. The van der Waals surface area contributed by atoms with E-state index in [9.17, 15) is 4.79 Å². The van der Waals surface area contributed by atoms with Crippen molar-refractivity contribution in [1.82, 2.24) is 9.38 Å². The quantitative estimate of drug-likeness (QED) is 0.631. The second-order valence-electron chi connectivity index (χ2n) is 3.83. The van der Waals surface area contributed by atoms with E-state index < -0.39 is 0 Å². The molecule has 4 nitrogen and oxygen atoms in total. The van der Waals surface area contributed by atoms with Gasteiger partial charge in [-0.15, -0.1) is 0 Å². The maximum Gasteiger partial charge on any atom is 0.181 e. The van der Waals surface area contributed by atoms with E-state index in [-0.39, 0.29) is 0 Å². The highest BCUT2D eigenvalue weighted by Crippen LogP contribution is 2.24. The molecule has 0 aliphatic rings. The molecule has 0 unspecified atom stereocenters. The summed E-state index contributed by atoms with van der Waals surface area (Å²) in [6, 6.07) is 7.50. The Kier molecular flexibility index (Phi) is 2.08. The zero-order valence-electron chi connectivity index (χ0n) is 9.25. The molecule has 0 saturated heterocycles. The summed E-state index contributed by atoms with van der Waals surface area (Å²) in [5.41, 5.74) is 2.28. The van der Waals surface area contributed by atoms with E-state index in [1.165, 1.54) is 0 Å². The van der Waals surface area contributed by atoms with E-state index in [1.807, 2.05) is 35.7 Å². The second-order valence-corrected chi connectivity index (χ2v) is 3.83. The summed E-state index contributed by atoms with van der Waals surface area (Å²) in [7, 11) is 0. The number of aryl methyl sites for hydroxylation is 1. The smallest absolute Gasteiger partial charge is 0.181 e. The zero-order valence-corrected chi connectivity index (χ0v) is 9.25. The number of furan rings is 1. The minimum absolute atomic E-state index is 0.439. The molecule has 0 aromatic carbocycles. The number of carbonyl (C=O) groups excluding carboxylic acids is 1. The SMILES string of the molecule is Cc1cccn2c(-c3ccco3)nc(C=O)c12. The third-order valence-electron chi connectivity index (χ3n) is 2.75. The van der Waals surface area contributed by atoms with Crippen molar-refractivity contribution in [1.29, 1.82) is 0 Å². The molecule has 0 radical (unpaired) electrons. The van der Waals surface area contributed by atoms with Crippen LogP contribution in [0, 0.1) is 6.92 Å². The molecule has 0 amide bonds. The fourth-order valence-electron chi connectivity index (χ4n) is 2.00. The molecule has 0 aliphatic carbocycles. The van der Waals surface area contributed by atoms with Crippen molar-refractivity contribution in [2.75, 3.05) is 0 Å². The van der Waals surface area contributed by atoms with E-state index in [1.54, 1.807) is 12.3 Å². The summed E-state index contributed by atoms with van der Waals surface area (Å²) in [6.07, 6.45) is 4.24. The topological polar surface area (TPSA) is 47.5 Å². The van der Waals surface area contributed by atoms with Gasteiger partial charge in [0, 0.05) is 6.20 Å². The Bertz CT molecular complexity index is 681. The molecule has 0 atom stereocenters. The van der Waals surface area contributed by atoms with Crippen LogP contribution in [0.3, 0.4) is 0 Å². The van der Waals surface area contributed by atoms with Crippen LogP contribution in [0.2, 0.25) is 0 Å². The molecular formula is C13H10N2O2. The lowest BCUT2D eigenvalue weighted by Crippen LogP contribution is -1.89. The molecule has 3 aromatic rings. The largest absolute Gasteiger partial charge is 0.461 e. The summed E-state index contributed by atoms with van der Waals surface area (Å²) in [5, 5.41) is 0. The highest BCUT2D eigenvalue weighted by molar-refractivity contribution is 5.87. The van der Waals surface area contributed by atoms with Gasteiger partial charge in [0.2, 0.25) is 0 Å². The molecule has 0 spiro atoms. The van der Waals surface area contributed by atoms with Crippen molar-refractivity contribution < 1.29 is 9.21 Å². The summed E-state index contributed by atoms with van der Waals surface area (Å²) in [6.45, 7) is 1.95. The van der Waals surface area contributed by atoms with Crippen LogP contribution < -0.4 is 0 Å². The zero-order chi connectivity index (χ0) is 11.8. The number of imidazole rings is 1. The molecule has 17 heavy (non-hydrogen) atoms. The van der Waals surface area contributed by atoms with Gasteiger partial charge in [0.15, 0.2) is 17.9 Å². The van der Waals surface area contributed by atoms with Crippen LogP contribution in [0.1, 0.15) is 16.1 Å². The molecule has 3 rings (SSSR count). The van der Waals surface area contributed by atoms with E-state index in [0.29, 0.717) is 17.3 Å². The number of hydrogen-bond acceptors (Lipinski definition) is 3. The predicted octanol–water partition coefficient (Wildman–Crippen LogP) is 2.72. The predicted molar refractivity (Wildman–Crippen MR) is 63.0 cm³/mol. The van der Waals surface area contributed by atoms with E-state index in [0.717, 1.165) is 17.4 Å². The molecule has 0 saturated carbocycles. The van der Waals surface area contributed by atoms with Crippen LogP contribution >= 0.6 is 0 Å². The first-order valence-electron chi connectivity index (χ1n) is 5.28. The van der Waals surface area contributed by atoms with Crippen LogP contribution in [0.15, 0.2) is 41.1 Å². The minimum Gasteiger partial charge on any atom is -0.461 e. The van der Waals surface area contributed by atoms with Crippen LogP contribution in [-0.4, -0.2) is 15.7 Å². The molecule has 3 aromatic heterocycles. The summed E-state index contributed by atoms with van der Waals surface area (Å²) in [4.78, 5) is 15.4. The van der Waals surface area contributed by atoms with E-state index >= 15 is 0 Å². The number of pyridine rings is 1. The molecule has 0 aliphatic heterocycles. The second kappa shape index (κ2) is 3.59. The Hall–Kier alpha value is -2.36. The number of nitrogens with zero attached hydrogens (tertiary/aromatic N) is 2. The van der Waals surface area contributed by atoms with Gasteiger partial charge < -0.3 is 4.42 Å². The monoisotopic (exact) mass is 226 g/mol. The lowest BCUT2D eigenvalue weighted by atomic mass is 10.2. The third-order valence-corrected chi connectivity index (χ3v) is 2.75. The van der Waals surface area contributed by atoms with Crippen molar-refractivity contribution in [2.45, 2.75) is 6.92 Å². The Morgan fingerprint density at radius 3 is 2.94 bits per heavy atom. The standard InChI is InChI=1S/C13H10N2O2/c1-9-4-2-6-15-12(9)10(8-16)14-13(15)11-5-3-7-17-11/h2-8H,1H3. The number of aldehydes is 1. The maximum absolute atomic E-state index is 11.0. The molecule has 4 heteroatoms. The van der Waals surface area contributed by atoms with Crippen LogP contribution in [0.4, 0.5) is 0 Å². The number of carbonyl (C=O) groups is 1. The van der Waals surface area contributed by atoms with Gasteiger partial charge in [-0.05, 0) is 30.7 Å². The molecule has 3 heterocycles. The highest BCUT2D eigenvalue weighted by Gasteiger charge is 2.14. The average molecular weight is 226 g/mol. The molecule has 0 N–H and O–H groups in total. The Labute approximate surface area is 97.5 Å². The average Bonchev–Trinajstić information content (AvgIpc) is 2.95. The molecule has 0 bridgehead atoms. The fraction of sp³-hybridized carbons (Fsp3) is 0.0769. The summed E-state index contributed by atoms with van der Waals surface area (Å²) < 4.78 is 7.20. The fourth-order valence-corrected chi connectivity index (χ4v) is 2.00. The third kappa shape index (κ3) is 1.38. The van der Waals surface area contributed by atoms with E-state index in [4.69, 9.17) is 4.42 Å². The highest BCUT2D eigenvalue weighted by atomic mass is 16.3. The lowest BCUT2D eigenvalue weighted by molar-refractivity contribution is 0.112. The van der Waals surface area contributed by atoms with E-state index in [2.05, 4.69) is 4.98 Å². The van der Waals surface area contributed by atoms with Crippen LogP contribution in [0.25, 0.3) is 17.1 Å². The Morgan fingerprint density at radius 2 is 2.24 bits per heavy atom. The summed E-state index contributed by atoms with van der Waals surface area (Å²) in [5.74, 6) is 1.30. The van der Waals surface area contributed by atoms with Gasteiger partial charge in [-0.25, -0.2) is 4.98 Å². The maximum atomic E-state index is 11.0. The summed E-state index contributed by atoms with van der Waals surface area (Å²) >= 11 is 0. The van der Waals surface area contributed by atoms with Gasteiger partial charge in [0.05, 0.1) is 11.8 Å². The first-order chi connectivity index (χ1) is 8.31. The van der Waals surface area contributed by atoms with Gasteiger partial charge in [-0.3, -0.25) is 9.20 Å². The van der Waals surface area contributed by atoms with Crippen molar-refractivity contribution >= 4 is 11.8 Å². The van der Waals surface area contributed by atoms with Crippen molar-refractivity contribution in [3.63, 3.8) is 0 Å². The number of hydrogen-bond donors (Lipinski definition) is 0. The molecular weight excluding hydrogens is 216 g/mol. The Morgan fingerprint density at radius 1 is 1.35 bits per heavy atom. The van der Waals surface area contributed by atoms with Gasteiger partial charge in [0.1, 0.15) is 5.69 Å². The van der Waals surface area contributed by atoms with Crippen LogP contribution in [0.5, 0.6) is 0 Å². The number of rotatable bonds is 2. The van der Waals surface area contributed by atoms with Crippen molar-refractivity contribution in [3.8, 4) is 11.6 Å². The van der Waals surface area contributed by atoms with Gasteiger partial charge >= 0.3 is 0 Å². The normalized spacial score (nSPS) is 10.9. The molecule has 84 valence electrons.